The highest BCUT2D eigenvalue weighted by Crippen LogP contribution is 2.21. The Morgan fingerprint density at radius 1 is 1.30 bits per heavy atom. The number of carbonyl (C=O) groups excluding carboxylic acids is 1. The summed E-state index contributed by atoms with van der Waals surface area (Å²) in [5.41, 5.74) is 1.01. The Kier molecular flexibility index (Phi) is 9.00. The first-order chi connectivity index (χ1) is 10.9. The number of aryl methyl sites for hydroxylation is 1. The van der Waals surface area contributed by atoms with Gasteiger partial charge in [-0.1, -0.05) is 32.3 Å². The number of ether oxygens (including phenoxy) is 1. The second kappa shape index (κ2) is 10.5. The minimum atomic E-state index is -0.441. The molecule has 1 aromatic rings. The van der Waals surface area contributed by atoms with Gasteiger partial charge in [0.25, 0.3) is 0 Å². The summed E-state index contributed by atoms with van der Waals surface area (Å²) in [7, 11) is 0. The number of carbonyl (C=O) groups is 1. The van der Waals surface area contributed by atoms with Crippen LogP contribution in [0.1, 0.15) is 70.2 Å². The molecule has 4 heteroatoms. The van der Waals surface area contributed by atoms with E-state index in [9.17, 15) is 4.79 Å². The molecule has 0 radical (unpaired) electrons. The lowest BCUT2D eigenvalue weighted by molar-refractivity contribution is 0.0529. The predicted molar refractivity (Wildman–Crippen MR) is 100 cm³/mol. The van der Waals surface area contributed by atoms with Gasteiger partial charge < -0.3 is 10.1 Å². The minimum Gasteiger partial charge on any atom is -0.444 e. The highest BCUT2D eigenvalue weighted by molar-refractivity contribution is 7.11. The predicted octanol–water partition coefficient (Wildman–Crippen LogP) is 5.80. The van der Waals surface area contributed by atoms with E-state index in [1.165, 1.54) is 42.5 Å². The van der Waals surface area contributed by atoms with Gasteiger partial charge in [0, 0.05) is 11.4 Å². The molecule has 0 aliphatic carbocycles. The maximum absolute atomic E-state index is 11.5. The van der Waals surface area contributed by atoms with Crippen LogP contribution in [0.5, 0.6) is 0 Å². The molecule has 0 bridgehead atoms. The molecule has 0 atom stereocenters. The van der Waals surface area contributed by atoms with Gasteiger partial charge in [-0.15, -0.1) is 11.3 Å². The maximum Gasteiger partial charge on any atom is 0.407 e. The van der Waals surface area contributed by atoms with Crippen molar-refractivity contribution in [1.82, 2.24) is 5.32 Å². The minimum absolute atomic E-state index is 0.348. The van der Waals surface area contributed by atoms with Crippen molar-refractivity contribution in [3.05, 3.63) is 28.0 Å². The van der Waals surface area contributed by atoms with E-state index in [1.54, 1.807) is 11.3 Å². The summed E-state index contributed by atoms with van der Waals surface area (Å²) in [6.07, 6.45) is 11.1. The van der Waals surface area contributed by atoms with Crippen molar-refractivity contribution in [2.45, 2.75) is 71.8 Å². The van der Waals surface area contributed by atoms with Crippen LogP contribution in [0.4, 0.5) is 4.79 Å². The number of nitrogens with one attached hydrogen (secondary N) is 1. The van der Waals surface area contributed by atoms with E-state index < -0.39 is 5.60 Å². The first kappa shape index (κ1) is 19.8. The zero-order chi connectivity index (χ0) is 17.1. The van der Waals surface area contributed by atoms with Crippen LogP contribution < -0.4 is 5.32 Å². The van der Waals surface area contributed by atoms with E-state index >= 15 is 0 Å². The van der Waals surface area contributed by atoms with Crippen molar-refractivity contribution in [3.8, 4) is 0 Å². The Balaban J connectivity index is 2.27. The van der Waals surface area contributed by atoms with Crippen LogP contribution in [-0.4, -0.2) is 18.2 Å². The summed E-state index contributed by atoms with van der Waals surface area (Å²) < 4.78 is 5.20. The van der Waals surface area contributed by atoms with Gasteiger partial charge in [0.2, 0.25) is 0 Å². The lowest BCUT2D eigenvalue weighted by atomic mass is 10.1. The fourth-order valence-corrected chi connectivity index (χ4v) is 3.08. The number of thiophene rings is 1. The molecule has 23 heavy (non-hydrogen) atoms. The summed E-state index contributed by atoms with van der Waals surface area (Å²) in [5, 5.41) is 4.93. The Hall–Kier alpha value is -1.29. The molecule has 0 spiro atoms. The smallest absolute Gasteiger partial charge is 0.407 e. The summed E-state index contributed by atoms with van der Waals surface area (Å²) >= 11 is 1.79. The molecule has 0 saturated heterocycles. The lowest BCUT2D eigenvalue weighted by Crippen LogP contribution is -2.32. The molecule has 1 amide bonds. The Bertz CT molecular complexity index is 486. The van der Waals surface area contributed by atoms with Crippen LogP contribution >= 0.6 is 11.3 Å². The molecular weight excluding hydrogens is 306 g/mol. The molecular formula is C19H31NO2S. The summed E-state index contributed by atoms with van der Waals surface area (Å²) in [6, 6.07) is 2.23. The third-order valence-electron chi connectivity index (χ3n) is 3.33. The molecule has 1 aromatic heterocycles. The van der Waals surface area contributed by atoms with Crippen molar-refractivity contribution in [2.75, 3.05) is 6.54 Å². The molecule has 0 aliphatic heterocycles. The quantitative estimate of drug-likeness (QED) is 0.578. The van der Waals surface area contributed by atoms with E-state index in [4.69, 9.17) is 4.74 Å². The van der Waals surface area contributed by atoms with Crippen LogP contribution in [0.25, 0.3) is 6.08 Å². The maximum atomic E-state index is 11.5. The molecule has 0 fully saturated rings. The molecule has 3 nitrogen and oxygen atoms in total. The summed E-state index contributed by atoms with van der Waals surface area (Å²) in [5.74, 6) is 0. The van der Waals surface area contributed by atoms with Gasteiger partial charge in [0.1, 0.15) is 5.60 Å². The van der Waals surface area contributed by atoms with Gasteiger partial charge in [0.05, 0.1) is 0 Å². The SMILES string of the molecule is CCCCCCc1ccsc1C=CCCNC(=O)OC(C)(C)C. The van der Waals surface area contributed by atoms with Crippen molar-refractivity contribution < 1.29 is 9.53 Å². The molecule has 0 saturated carbocycles. The normalized spacial score (nSPS) is 11.8. The van der Waals surface area contributed by atoms with Crippen LogP contribution in [0.2, 0.25) is 0 Å². The van der Waals surface area contributed by atoms with Gasteiger partial charge in [-0.3, -0.25) is 0 Å². The summed E-state index contributed by atoms with van der Waals surface area (Å²) in [6.45, 7) is 8.44. The first-order valence-corrected chi connectivity index (χ1v) is 9.50. The average molecular weight is 338 g/mol. The third kappa shape index (κ3) is 9.44. The van der Waals surface area contributed by atoms with Crippen molar-refractivity contribution in [3.63, 3.8) is 0 Å². The number of rotatable bonds is 9. The average Bonchev–Trinajstić information content (AvgIpc) is 2.89. The molecule has 0 aliphatic rings. The summed E-state index contributed by atoms with van der Waals surface area (Å²) in [4.78, 5) is 12.9. The van der Waals surface area contributed by atoms with Gasteiger partial charge in [-0.25, -0.2) is 4.79 Å². The van der Waals surface area contributed by atoms with Crippen LogP contribution in [0.3, 0.4) is 0 Å². The highest BCUT2D eigenvalue weighted by atomic mass is 32.1. The van der Waals surface area contributed by atoms with E-state index in [2.05, 4.69) is 35.8 Å². The molecule has 130 valence electrons. The van der Waals surface area contributed by atoms with Crippen molar-refractivity contribution in [1.29, 1.82) is 0 Å². The standard InChI is InChI=1S/C19H31NO2S/c1-5-6-7-8-11-16-13-15-23-17(16)12-9-10-14-20-18(21)22-19(2,3)4/h9,12-13,15H,5-8,10-11,14H2,1-4H3,(H,20,21). The van der Waals surface area contributed by atoms with Crippen molar-refractivity contribution in [2.24, 2.45) is 0 Å². The Morgan fingerprint density at radius 2 is 2.09 bits per heavy atom. The number of hydrogen-bond acceptors (Lipinski definition) is 3. The Morgan fingerprint density at radius 3 is 2.78 bits per heavy atom. The van der Waals surface area contributed by atoms with Gasteiger partial charge >= 0.3 is 6.09 Å². The van der Waals surface area contributed by atoms with Crippen LogP contribution in [0.15, 0.2) is 17.5 Å². The lowest BCUT2D eigenvalue weighted by Gasteiger charge is -2.19. The molecule has 0 unspecified atom stereocenters. The number of amides is 1. The third-order valence-corrected chi connectivity index (χ3v) is 4.25. The van der Waals surface area contributed by atoms with E-state index in [0.29, 0.717) is 6.54 Å². The van der Waals surface area contributed by atoms with Crippen molar-refractivity contribution >= 4 is 23.5 Å². The first-order valence-electron chi connectivity index (χ1n) is 8.62. The number of unbranched alkanes of at least 4 members (excludes halogenated alkanes) is 3. The van der Waals surface area contributed by atoms with Gasteiger partial charge in [0.15, 0.2) is 0 Å². The van der Waals surface area contributed by atoms with E-state index in [1.807, 2.05) is 20.8 Å². The van der Waals surface area contributed by atoms with Gasteiger partial charge in [-0.05, 0) is 63.1 Å². The molecule has 0 aromatic carbocycles. The van der Waals surface area contributed by atoms with Crippen LogP contribution in [-0.2, 0) is 11.2 Å². The Labute approximate surface area is 145 Å². The second-order valence-electron chi connectivity index (χ2n) is 6.74. The molecule has 1 rings (SSSR count). The largest absolute Gasteiger partial charge is 0.444 e. The van der Waals surface area contributed by atoms with E-state index in [-0.39, 0.29) is 6.09 Å². The zero-order valence-electron chi connectivity index (χ0n) is 15.0. The van der Waals surface area contributed by atoms with Gasteiger partial charge in [-0.2, -0.15) is 0 Å². The number of alkyl carbamates (subject to hydrolysis) is 1. The second-order valence-corrected chi connectivity index (χ2v) is 7.69. The molecule has 1 N–H and O–H groups in total. The fraction of sp³-hybridized carbons (Fsp3) is 0.632. The molecule has 1 heterocycles. The van der Waals surface area contributed by atoms with Crippen LogP contribution in [0, 0.1) is 0 Å². The monoisotopic (exact) mass is 337 g/mol. The van der Waals surface area contributed by atoms with E-state index in [0.717, 1.165) is 6.42 Å². The zero-order valence-corrected chi connectivity index (χ0v) is 15.8. The fourth-order valence-electron chi connectivity index (χ4n) is 2.20. The topological polar surface area (TPSA) is 38.3 Å². The highest BCUT2D eigenvalue weighted by Gasteiger charge is 2.15. The number of hydrogen-bond donors (Lipinski definition) is 1.